The molecule has 0 aliphatic carbocycles. The van der Waals surface area contributed by atoms with Crippen LogP contribution in [-0.4, -0.2) is 39.9 Å². The van der Waals surface area contributed by atoms with E-state index in [1.54, 1.807) is 14.2 Å². The van der Waals surface area contributed by atoms with Crippen molar-refractivity contribution in [2.75, 3.05) is 39.2 Å². The highest BCUT2D eigenvalue weighted by Gasteiger charge is 2.05. The van der Waals surface area contributed by atoms with E-state index in [-0.39, 0.29) is 0 Å². The van der Waals surface area contributed by atoms with Crippen molar-refractivity contribution in [1.29, 1.82) is 0 Å². The fourth-order valence-corrected chi connectivity index (χ4v) is 2.42. The van der Waals surface area contributed by atoms with Crippen LogP contribution in [0.25, 0.3) is 0 Å². The first-order chi connectivity index (χ1) is 13.1. The first-order valence-corrected chi connectivity index (χ1v) is 8.76. The van der Waals surface area contributed by atoms with Gasteiger partial charge >= 0.3 is 0 Å². The lowest BCUT2D eigenvalue weighted by atomic mass is 10.1. The summed E-state index contributed by atoms with van der Waals surface area (Å²) in [5.74, 6) is 0.410. The quantitative estimate of drug-likeness (QED) is 0.398. The van der Waals surface area contributed by atoms with E-state index in [4.69, 9.17) is 9.47 Å². The molecule has 0 aromatic heterocycles. The van der Waals surface area contributed by atoms with Crippen molar-refractivity contribution in [3.8, 4) is 5.75 Å². The van der Waals surface area contributed by atoms with Gasteiger partial charge in [0.15, 0.2) is 5.96 Å². The predicted molar refractivity (Wildman–Crippen MR) is 103 cm³/mol. The smallest absolute Gasteiger partial charge is 0.195 e. The van der Waals surface area contributed by atoms with E-state index in [0.717, 1.165) is 30.0 Å². The fourth-order valence-electron chi connectivity index (χ4n) is 2.42. The van der Waals surface area contributed by atoms with Crippen LogP contribution in [0.4, 0.5) is 14.5 Å². The van der Waals surface area contributed by atoms with Gasteiger partial charge in [-0.05, 0) is 42.3 Å². The number of aliphatic imine (C=N–C) groups is 1. The minimum Gasteiger partial charge on any atom is -0.493 e. The van der Waals surface area contributed by atoms with Crippen LogP contribution in [0.2, 0.25) is 0 Å². The van der Waals surface area contributed by atoms with E-state index < -0.39 is 11.6 Å². The Labute approximate surface area is 158 Å². The van der Waals surface area contributed by atoms with Crippen LogP contribution in [-0.2, 0) is 11.2 Å². The SMILES string of the molecule is CN=C(NCCc1cc(F)ccc1F)Nc1cccc(OCCCOC)c1. The summed E-state index contributed by atoms with van der Waals surface area (Å²) in [7, 11) is 3.30. The maximum absolute atomic E-state index is 13.7. The van der Waals surface area contributed by atoms with Gasteiger partial charge in [-0.25, -0.2) is 8.78 Å². The van der Waals surface area contributed by atoms with E-state index in [9.17, 15) is 8.78 Å². The van der Waals surface area contributed by atoms with Gasteiger partial charge < -0.3 is 20.1 Å². The topological polar surface area (TPSA) is 54.9 Å². The lowest BCUT2D eigenvalue weighted by molar-refractivity contribution is 0.172. The second-order valence-corrected chi connectivity index (χ2v) is 5.83. The third-order valence-corrected chi connectivity index (χ3v) is 3.78. The number of guanidine groups is 1. The molecule has 0 aliphatic heterocycles. The molecule has 5 nitrogen and oxygen atoms in total. The van der Waals surface area contributed by atoms with Crippen LogP contribution in [0, 0.1) is 11.6 Å². The number of hydrogen-bond donors (Lipinski definition) is 2. The molecule has 0 radical (unpaired) electrons. The Kier molecular flexibility index (Phi) is 8.51. The van der Waals surface area contributed by atoms with Crippen LogP contribution in [0.15, 0.2) is 47.5 Å². The molecule has 0 saturated heterocycles. The van der Waals surface area contributed by atoms with Gasteiger partial charge in [0.1, 0.15) is 17.4 Å². The van der Waals surface area contributed by atoms with Crippen molar-refractivity contribution < 1.29 is 18.3 Å². The minimum absolute atomic E-state index is 0.324. The number of benzene rings is 2. The van der Waals surface area contributed by atoms with Gasteiger partial charge in [-0.3, -0.25) is 4.99 Å². The largest absolute Gasteiger partial charge is 0.493 e. The Morgan fingerprint density at radius 2 is 1.96 bits per heavy atom. The van der Waals surface area contributed by atoms with Gasteiger partial charge in [-0.2, -0.15) is 0 Å². The maximum atomic E-state index is 13.7. The molecule has 146 valence electrons. The number of nitrogens with one attached hydrogen (secondary N) is 2. The minimum atomic E-state index is -0.448. The molecule has 0 aliphatic rings. The summed E-state index contributed by atoms with van der Waals surface area (Å²) >= 11 is 0. The molecule has 0 fully saturated rings. The van der Waals surface area contributed by atoms with Crippen molar-refractivity contribution >= 4 is 11.6 Å². The Bertz CT molecular complexity index is 754. The molecule has 2 aromatic carbocycles. The van der Waals surface area contributed by atoms with E-state index in [0.29, 0.717) is 37.7 Å². The molecule has 0 heterocycles. The van der Waals surface area contributed by atoms with Crippen LogP contribution >= 0.6 is 0 Å². The van der Waals surface area contributed by atoms with Gasteiger partial charge in [0.2, 0.25) is 0 Å². The molecule has 0 spiro atoms. The normalized spacial score (nSPS) is 11.3. The second kappa shape index (κ2) is 11.1. The standard InChI is InChI=1S/C20H25F2N3O2/c1-23-20(24-10-9-15-13-16(21)7-8-19(15)22)25-17-5-3-6-18(14-17)27-12-4-11-26-2/h3,5-8,13-14H,4,9-12H2,1-2H3,(H2,23,24,25). The highest BCUT2D eigenvalue weighted by atomic mass is 19.1. The van der Waals surface area contributed by atoms with Crippen LogP contribution < -0.4 is 15.4 Å². The molecule has 0 atom stereocenters. The lowest BCUT2D eigenvalue weighted by Crippen LogP contribution is -2.32. The van der Waals surface area contributed by atoms with E-state index in [2.05, 4.69) is 15.6 Å². The highest BCUT2D eigenvalue weighted by Crippen LogP contribution is 2.17. The summed E-state index contributed by atoms with van der Waals surface area (Å²) in [6.07, 6.45) is 1.15. The van der Waals surface area contributed by atoms with Crippen LogP contribution in [0.3, 0.4) is 0 Å². The molecule has 0 bridgehead atoms. The van der Waals surface area contributed by atoms with Crippen LogP contribution in [0.1, 0.15) is 12.0 Å². The van der Waals surface area contributed by atoms with Crippen molar-refractivity contribution in [3.63, 3.8) is 0 Å². The second-order valence-electron chi connectivity index (χ2n) is 5.83. The number of nitrogens with zero attached hydrogens (tertiary/aromatic N) is 1. The average molecular weight is 377 g/mol. The molecular formula is C20H25F2N3O2. The molecule has 2 aromatic rings. The van der Waals surface area contributed by atoms with E-state index in [1.165, 1.54) is 6.07 Å². The molecule has 2 N–H and O–H groups in total. The molecular weight excluding hydrogens is 352 g/mol. The Morgan fingerprint density at radius 1 is 1.11 bits per heavy atom. The van der Waals surface area contributed by atoms with Gasteiger partial charge in [0.25, 0.3) is 0 Å². The summed E-state index contributed by atoms with van der Waals surface area (Å²) < 4.78 is 37.5. The molecule has 27 heavy (non-hydrogen) atoms. The number of anilines is 1. The summed E-state index contributed by atoms with van der Waals surface area (Å²) in [5.41, 5.74) is 1.13. The fraction of sp³-hybridized carbons (Fsp3) is 0.350. The van der Waals surface area contributed by atoms with Crippen molar-refractivity contribution in [1.82, 2.24) is 5.32 Å². The number of halogens is 2. The first kappa shape index (κ1) is 20.6. The zero-order valence-corrected chi connectivity index (χ0v) is 15.6. The summed E-state index contributed by atoms with van der Waals surface area (Å²) in [5, 5.41) is 6.23. The highest BCUT2D eigenvalue weighted by molar-refractivity contribution is 5.93. The maximum Gasteiger partial charge on any atom is 0.195 e. The van der Waals surface area contributed by atoms with E-state index >= 15 is 0 Å². The molecule has 0 unspecified atom stereocenters. The molecule has 2 rings (SSSR count). The molecule has 0 amide bonds. The molecule has 7 heteroatoms. The average Bonchev–Trinajstić information content (AvgIpc) is 2.67. The van der Waals surface area contributed by atoms with Gasteiger partial charge in [0.05, 0.1) is 6.61 Å². The number of hydrogen-bond acceptors (Lipinski definition) is 3. The Balaban J connectivity index is 1.85. The number of ether oxygens (including phenoxy) is 2. The predicted octanol–water partition coefficient (Wildman–Crippen LogP) is 3.61. The van der Waals surface area contributed by atoms with Crippen molar-refractivity contribution in [2.45, 2.75) is 12.8 Å². The lowest BCUT2D eigenvalue weighted by Gasteiger charge is -2.13. The summed E-state index contributed by atoms with van der Waals surface area (Å²) in [4.78, 5) is 4.14. The Hall–Kier alpha value is -2.67. The zero-order valence-electron chi connectivity index (χ0n) is 15.6. The summed E-state index contributed by atoms with van der Waals surface area (Å²) in [6, 6.07) is 11.0. The van der Waals surface area contributed by atoms with Gasteiger partial charge in [-0.15, -0.1) is 0 Å². The first-order valence-electron chi connectivity index (χ1n) is 8.76. The number of methoxy groups -OCH3 is 1. The van der Waals surface area contributed by atoms with Gasteiger partial charge in [0, 0.05) is 45.5 Å². The summed E-state index contributed by atoms with van der Waals surface area (Å²) in [6.45, 7) is 1.64. The third kappa shape index (κ3) is 7.22. The van der Waals surface area contributed by atoms with Crippen molar-refractivity contribution in [3.05, 3.63) is 59.7 Å². The monoisotopic (exact) mass is 377 g/mol. The zero-order chi connectivity index (χ0) is 19.5. The third-order valence-electron chi connectivity index (χ3n) is 3.78. The van der Waals surface area contributed by atoms with Crippen molar-refractivity contribution in [2.24, 2.45) is 4.99 Å². The van der Waals surface area contributed by atoms with E-state index in [1.807, 2.05) is 24.3 Å². The molecule has 0 saturated carbocycles. The van der Waals surface area contributed by atoms with Crippen LogP contribution in [0.5, 0.6) is 5.75 Å². The Morgan fingerprint density at radius 3 is 2.74 bits per heavy atom. The number of rotatable bonds is 9. The van der Waals surface area contributed by atoms with Gasteiger partial charge in [-0.1, -0.05) is 6.07 Å².